The van der Waals surface area contributed by atoms with E-state index in [1.54, 1.807) is 0 Å². The summed E-state index contributed by atoms with van der Waals surface area (Å²) in [6.45, 7) is 0. The summed E-state index contributed by atoms with van der Waals surface area (Å²) in [7, 11) is 0. The predicted octanol–water partition coefficient (Wildman–Crippen LogP) is 16.5. The molecule has 0 unspecified atom stereocenters. The van der Waals surface area contributed by atoms with Crippen molar-refractivity contribution in [1.82, 2.24) is 4.57 Å². The van der Waals surface area contributed by atoms with E-state index >= 15 is 0 Å². The average Bonchev–Trinajstić information content (AvgIpc) is 3.90. The molecule has 11 aromatic rings. The average molecular weight is 809 g/mol. The van der Waals surface area contributed by atoms with E-state index in [0.717, 1.165) is 51.8 Å². The summed E-state index contributed by atoms with van der Waals surface area (Å²) in [4.78, 5) is 2.35. The van der Waals surface area contributed by atoms with Crippen molar-refractivity contribution in [2.45, 2.75) is 25.7 Å². The van der Waals surface area contributed by atoms with E-state index in [0.29, 0.717) is 0 Å². The number of nitrogens with zero attached hydrogens (tertiary/aromatic N) is 2. The van der Waals surface area contributed by atoms with E-state index in [1.165, 1.54) is 85.2 Å². The number of aromatic nitrogens is 1. The van der Waals surface area contributed by atoms with Crippen LogP contribution in [0.2, 0.25) is 0 Å². The van der Waals surface area contributed by atoms with Crippen molar-refractivity contribution < 1.29 is 4.42 Å². The molecule has 9 aromatic carbocycles. The van der Waals surface area contributed by atoms with Gasteiger partial charge in [-0.2, -0.15) is 0 Å². The molecule has 0 amide bonds. The van der Waals surface area contributed by atoms with Crippen LogP contribution < -0.4 is 4.90 Å². The molecule has 0 fully saturated rings. The van der Waals surface area contributed by atoms with Crippen LogP contribution in [0.4, 0.5) is 17.1 Å². The molecule has 300 valence electrons. The minimum atomic E-state index is 0.931. The third kappa shape index (κ3) is 6.70. The Balaban J connectivity index is 0.861. The summed E-state index contributed by atoms with van der Waals surface area (Å²) >= 11 is 0. The molecule has 1 aliphatic carbocycles. The van der Waals surface area contributed by atoms with Crippen molar-refractivity contribution in [1.29, 1.82) is 0 Å². The van der Waals surface area contributed by atoms with Crippen LogP contribution in [0.15, 0.2) is 223 Å². The Kier molecular flexibility index (Phi) is 9.11. The molecule has 0 aliphatic heterocycles. The SMILES string of the molecule is c1ccc(-c2ccc(N(c3ccc(-c4ccccc4)cc3)c3ccc(-c4ccc(-n5c6c(c7cc(-c8ccc9oc%10ccccc%10c9c8)ccc75)CCCC6)cc4)cc3)cc2)cc1. The summed E-state index contributed by atoms with van der Waals surface area (Å²) in [6, 6.07) is 79.1. The first-order valence-electron chi connectivity index (χ1n) is 22.1. The molecular weight excluding hydrogens is 765 g/mol. The molecule has 63 heavy (non-hydrogen) atoms. The number of rotatable bonds is 8. The normalized spacial score (nSPS) is 12.5. The van der Waals surface area contributed by atoms with Gasteiger partial charge in [0.2, 0.25) is 0 Å². The van der Waals surface area contributed by atoms with Gasteiger partial charge in [-0.15, -0.1) is 0 Å². The zero-order chi connectivity index (χ0) is 41.7. The highest BCUT2D eigenvalue weighted by Crippen LogP contribution is 2.41. The van der Waals surface area contributed by atoms with Crippen molar-refractivity contribution >= 4 is 49.9 Å². The minimum Gasteiger partial charge on any atom is -0.456 e. The number of aryl methyl sites for hydroxylation is 1. The quantitative estimate of drug-likeness (QED) is 0.152. The Morgan fingerprint density at radius 1 is 0.349 bits per heavy atom. The van der Waals surface area contributed by atoms with Gasteiger partial charge in [0.15, 0.2) is 0 Å². The summed E-state index contributed by atoms with van der Waals surface area (Å²) in [5.41, 5.74) is 20.3. The van der Waals surface area contributed by atoms with Gasteiger partial charge in [-0.25, -0.2) is 0 Å². The van der Waals surface area contributed by atoms with Crippen LogP contribution in [-0.4, -0.2) is 4.57 Å². The van der Waals surface area contributed by atoms with E-state index in [9.17, 15) is 0 Å². The molecule has 2 aromatic heterocycles. The zero-order valence-corrected chi connectivity index (χ0v) is 34.9. The van der Waals surface area contributed by atoms with Crippen LogP contribution in [-0.2, 0) is 12.8 Å². The Hall–Kier alpha value is -7.88. The minimum absolute atomic E-state index is 0.931. The van der Waals surface area contributed by atoms with E-state index in [1.807, 2.05) is 12.1 Å². The third-order valence-electron chi connectivity index (χ3n) is 13.0. The molecule has 12 rings (SSSR count). The van der Waals surface area contributed by atoms with Gasteiger partial charge in [-0.1, -0.05) is 140 Å². The molecule has 3 nitrogen and oxygen atoms in total. The van der Waals surface area contributed by atoms with E-state index in [4.69, 9.17) is 4.42 Å². The molecule has 0 saturated carbocycles. The van der Waals surface area contributed by atoms with Crippen LogP contribution in [0.3, 0.4) is 0 Å². The highest BCUT2D eigenvalue weighted by Gasteiger charge is 2.22. The molecular formula is C60H44N2O. The number of hydrogen-bond donors (Lipinski definition) is 0. The first kappa shape index (κ1) is 36.9. The van der Waals surface area contributed by atoms with Gasteiger partial charge in [0, 0.05) is 44.6 Å². The molecule has 0 atom stereocenters. The topological polar surface area (TPSA) is 21.3 Å². The second-order valence-electron chi connectivity index (χ2n) is 16.8. The van der Waals surface area contributed by atoms with Gasteiger partial charge < -0.3 is 13.9 Å². The summed E-state index contributed by atoms with van der Waals surface area (Å²) < 4.78 is 8.67. The second-order valence-corrected chi connectivity index (χ2v) is 16.8. The largest absolute Gasteiger partial charge is 0.456 e. The molecule has 0 spiro atoms. The van der Waals surface area contributed by atoms with Gasteiger partial charge in [0.05, 0.1) is 5.52 Å². The summed E-state index contributed by atoms with van der Waals surface area (Å²) in [6.07, 6.45) is 4.66. The lowest BCUT2D eigenvalue weighted by molar-refractivity contribution is 0.667. The fourth-order valence-electron chi connectivity index (χ4n) is 9.84. The van der Waals surface area contributed by atoms with E-state index in [2.05, 4.69) is 216 Å². The van der Waals surface area contributed by atoms with Crippen LogP contribution in [0.1, 0.15) is 24.1 Å². The monoisotopic (exact) mass is 808 g/mol. The van der Waals surface area contributed by atoms with Crippen LogP contribution in [0, 0.1) is 0 Å². The maximum atomic E-state index is 6.15. The Labute approximate surface area is 367 Å². The van der Waals surface area contributed by atoms with E-state index < -0.39 is 0 Å². The van der Waals surface area contributed by atoms with Gasteiger partial charge in [0.1, 0.15) is 11.2 Å². The van der Waals surface area contributed by atoms with Crippen molar-refractivity contribution in [2.24, 2.45) is 0 Å². The van der Waals surface area contributed by atoms with Crippen molar-refractivity contribution in [3.63, 3.8) is 0 Å². The number of anilines is 3. The third-order valence-corrected chi connectivity index (χ3v) is 13.0. The summed E-state index contributed by atoms with van der Waals surface area (Å²) in [5, 5.41) is 3.70. The molecule has 3 heteroatoms. The van der Waals surface area contributed by atoms with Crippen molar-refractivity contribution in [3.8, 4) is 50.2 Å². The molecule has 1 aliphatic rings. The zero-order valence-electron chi connectivity index (χ0n) is 34.9. The van der Waals surface area contributed by atoms with Crippen LogP contribution in [0.5, 0.6) is 0 Å². The smallest absolute Gasteiger partial charge is 0.135 e. The molecule has 0 N–H and O–H groups in total. The van der Waals surface area contributed by atoms with Gasteiger partial charge in [0.25, 0.3) is 0 Å². The highest BCUT2D eigenvalue weighted by molar-refractivity contribution is 6.06. The van der Waals surface area contributed by atoms with Crippen LogP contribution in [0.25, 0.3) is 83.0 Å². The number of furan rings is 1. The Morgan fingerprint density at radius 2 is 0.794 bits per heavy atom. The maximum Gasteiger partial charge on any atom is 0.135 e. The first-order chi connectivity index (χ1) is 31.2. The predicted molar refractivity (Wildman–Crippen MR) is 264 cm³/mol. The second kappa shape index (κ2) is 15.5. The fourth-order valence-corrected chi connectivity index (χ4v) is 9.84. The summed E-state index contributed by atoms with van der Waals surface area (Å²) in [5.74, 6) is 0. The van der Waals surface area contributed by atoms with Gasteiger partial charge in [-0.05, 0) is 155 Å². The van der Waals surface area contributed by atoms with Crippen molar-refractivity contribution in [2.75, 3.05) is 4.90 Å². The molecule has 0 bridgehead atoms. The Morgan fingerprint density at radius 3 is 1.38 bits per heavy atom. The Bertz CT molecular complexity index is 3310. The standard InChI is InChI=1S/C60H44N2O/c1-3-11-41(12-4-1)43-19-29-49(30-20-43)61(50-31-21-44(22-32-50)42-13-5-2-6-14-42)51-33-23-45(24-34-51)46-25-35-52(36-26-46)62-57-17-9-7-15-53(57)55-39-47(27-37-58(55)62)48-28-38-60-56(40-48)54-16-8-10-18-59(54)63-60/h1-6,8,10-14,16,18-40H,7,9,15,17H2. The van der Waals surface area contributed by atoms with Gasteiger partial charge >= 0.3 is 0 Å². The van der Waals surface area contributed by atoms with Gasteiger partial charge in [-0.3, -0.25) is 0 Å². The van der Waals surface area contributed by atoms with Crippen LogP contribution >= 0.6 is 0 Å². The number of para-hydroxylation sites is 1. The number of fused-ring (bicyclic) bond motifs is 6. The van der Waals surface area contributed by atoms with Crippen molar-refractivity contribution in [3.05, 3.63) is 230 Å². The highest BCUT2D eigenvalue weighted by atomic mass is 16.3. The van der Waals surface area contributed by atoms with E-state index in [-0.39, 0.29) is 0 Å². The lowest BCUT2D eigenvalue weighted by atomic mass is 9.94. The number of hydrogen-bond acceptors (Lipinski definition) is 2. The lowest BCUT2D eigenvalue weighted by Crippen LogP contribution is -2.09. The molecule has 2 heterocycles. The first-order valence-corrected chi connectivity index (χ1v) is 22.1. The fraction of sp³-hybridized carbons (Fsp3) is 0.0667. The molecule has 0 saturated heterocycles. The lowest BCUT2D eigenvalue weighted by Gasteiger charge is -2.26. The molecule has 0 radical (unpaired) electrons. The maximum absolute atomic E-state index is 6.15. The number of benzene rings is 9.